The molecule has 0 aliphatic carbocycles. The van der Waals surface area contributed by atoms with Crippen molar-refractivity contribution in [1.82, 2.24) is 19.9 Å². The Balaban J connectivity index is 1.54. The maximum Gasteiger partial charge on any atom is 0.124 e. The van der Waals surface area contributed by atoms with Crippen LogP contribution in [0, 0.1) is 5.82 Å². The molecule has 1 atom stereocenters. The number of benzene rings is 2. The number of halogens is 1. The molecule has 2 aromatic carbocycles. The molecule has 0 radical (unpaired) electrons. The highest BCUT2D eigenvalue weighted by Gasteiger charge is 2.28. The van der Waals surface area contributed by atoms with Crippen molar-refractivity contribution in [3.05, 3.63) is 96.3 Å². The normalized spacial score (nSPS) is 17.0. The Bertz CT molecular complexity index is 1120. The standard InChI is InChI=1S/C26H25FN4/c27-22-11-9-20(10-12-22)24-25(21-13-15-28-16-14-21)30-26(29-24)23-8-4-5-17-31(23)18-19-6-2-1-3-7-19/h1-3,6-7,9-16,23H,4-5,8,17-18H2,(H,29,30). The second-order valence-corrected chi connectivity index (χ2v) is 8.06. The molecule has 156 valence electrons. The summed E-state index contributed by atoms with van der Waals surface area (Å²) in [6, 6.07) is 21.4. The summed E-state index contributed by atoms with van der Waals surface area (Å²) in [5.74, 6) is 0.730. The van der Waals surface area contributed by atoms with E-state index >= 15 is 0 Å². The van der Waals surface area contributed by atoms with Crippen molar-refractivity contribution >= 4 is 0 Å². The van der Waals surface area contributed by atoms with Crippen LogP contribution in [-0.4, -0.2) is 26.4 Å². The summed E-state index contributed by atoms with van der Waals surface area (Å²) >= 11 is 0. The van der Waals surface area contributed by atoms with Crippen molar-refractivity contribution in [1.29, 1.82) is 0 Å². The lowest BCUT2D eigenvalue weighted by Gasteiger charge is -2.34. The number of nitrogens with zero attached hydrogens (tertiary/aromatic N) is 3. The van der Waals surface area contributed by atoms with Crippen LogP contribution < -0.4 is 0 Å². The van der Waals surface area contributed by atoms with E-state index in [9.17, 15) is 4.39 Å². The van der Waals surface area contributed by atoms with Gasteiger partial charge in [-0.3, -0.25) is 9.88 Å². The van der Waals surface area contributed by atoms with Crippen molar-refractivity contribution in [2.24, 2.45) is 0 Å². The number of piperidine rings is 1. The molecule has 1 saturated heterocycles. The zero-order chi connectivity index (χ0) is 21.0. The number of pyridine rings is 1. The maximum atomic E-state index is 13.5. The van der Waals surface area contributed by atoms with Gasteiger partial charge in [-0.05, 0) is 61.3 Å². The van der Waals surface area contributed by atoms with Crippen LogP contribution in [0.1, 0.15) is 36.7 Å². The highest BCUT2D eigenvalue weighted by atomic mass is 19.1. The van der Waals surface area contributed by atoms with Crippen LogP contribution in [0.5, 0.6) is 0 Å². The molecule has 5 rings (SSSR count). The number of hydrogen-bond acceptors (Lipinski definition) is 3. The smallest absolute Gasteiger partial charge is 0.124 e. The fraction of sp³-hybridized carbons (Fsp3) is 0.231. The quantitative estimate of drug-likeness (QED) is 0.437. The molecule has 0 bridgehead atoms. The van der Waals surface area contributed by atoms with Gasteiger partial charge >= 0.3 is 0 Å². The van der Waals surface area contributed by atoms with E-state index in [1.807, 2.05) is 12.1 Å². The molecule has 1 N–H and O–H groups in total. The third-order valence-corrected chi connectivity index (χ3v) is 5.97. The van der Waals surface area contributed by atoms with Gasteiger partial charge in [0.2, 0.25) is 0 Å². The van der Waals surface area contributed by atoms with Gasteiger partial charge in [-0.2, -0.15) is 0 Å². The fourth-order valence-electron chi connectivity index (χ4n) is 4.40. The summed E-state index contributed by atoms with van der Waals surface area (Å²) < 4.78 is 13.5. The maximum absolute atomic E-state index is 13.5. The molecule has 3 heterocycles. The van der Waals surface area contributed by atoms with Crippen molar-refractivity contribution in [2.75, 3.05) is 6.54 Å². The van der Waals surface area contributed by atoms with Gasteiger partial charge < -0.3 is 4.98 Å². The Morgan fingerprint density at radius 2 is 1.68 bits per heavy atom. The SMILES string of the molecule is Fc1ccc(-c2nc(C3CCCCN3Cc3ccccc3)[nH]c2-c2ccncc2)cc1. The largest absolute Gasteiger partial charge is 0.340 e. The van der Waals surface area contributed by atoms with E-state index in [1.165, 1.54) is 30.5 Å². The van der Waals surface area contributed by atoms with Crippen LogP contribution in [0.25, 0.3) is 22.5 Å². The van der Waals surface area contributed by atoms with E-state index < -0.39 is 0 Å². The predicted molar refractivity (Wildman–Crippen MR) is 121 cm³/mol. The number of H-pyrrole nitrogens is 1. The fourth-order valence-corrected chi connectivity index (χ4v) is 4.40. The van der Waals surface area contributed by atoms with E-state index in [4.69, 9.17) is 4.98 Å². The Kier molecular flexibility index (Phi) is 5.59. The predicted octanol–water partition coefficient (Wildman–Crippen LogP) is 6.01. The summed E-state index contributed by atoms with van der Waals surface area (Å²) in [7, 11) is 0. The summed E-state index contributed by atoms with van der Waals surface area (Å²) in [5, 5.41) is 0. The van der Waals surface area contributed by atoms with Crippen molar-refractivity contribution in [3.8, 4) is 22.5 Å². The summed E-state index contributed by atoms with van der Waals surface area (Å²) in [4.78, 5) is 15.3. The zero-order valence-corrected chi connectivity index (χ0v) is 17.3. The van der Waals surface area contributed by atoms with E-state index in [1.54, 1.807) is 24.5 Å². The first-order chi connectivity index (χ1) is 15.3. The first kappa shape index (κ1) is 19.6. The molecule has 4 nitrogen and oxygen atoms in total. The Hall–Kier alpha value is -3.31. The van der Waals surface area contributed by atoms with Gasteiger partial charge in [0.05, 0.1) is 17.4 Å². The third kappa shape index (κ3) is 4.28. The van der Waals surface area contributed by atoms with E-state index in [-0.39, 0.29) is 11.9 Å². The molecule has 2 aromatic heterocycles. The molecule has 1 fully saturated rings. The zero-order valence-electron chi connectivity index (χ0n) is 17.3. The molecular formula is C26H25FN4. The van der Waals surface area contributed by atoms with Gasteiger partial charge in [0, 0.05) is 30.1 Å². The van der Waals surface area contributed by atoms with Gasteiger partial charge in [0.25, 0.3) is 0 Å². The molecular weight excluding hydrogens is 387 g/mol. The van der Waals surface area contributed by atoms with Crippen molar-refractivity contribution in [3.63, 3.8) is 0 Å². The number of likely N-dealkylation sites (tertiary alicyclic amines) is 1. The van der Waals surface area contributed by atoms with Gasteiger partial charge in [-0.15, -0.1) is 0 Å². The average molecular weight is 413 g/mol. The Morgan fingerprint density at radius 1 is 0.903 bits per heavy atom. The van der Waals surface area contributed by atoms with E-state index in [0.717, 1.165) is 47.8 Å². The van der Waals surface area contributed by atoms with Crippen LogP contribution in [0.15, 0.2) is 79.1 Å². The van der Waals surface area contributed by atoms with Gasteiger partial charge in [0.15, 0.2) is 0 Å². The number of imidazole rings is 1. The minimum atomic E-state index is -0.244. The number of nitrogens with one attached hydrogen (secondary N) is 1. The van der Waals surface area contributed by atoms with E-state index in [2.05, 4.69) is 45.2 Å². The van der Waals surface area contributed by atoms with Gasteiger partial charge in [0.1, 0.15) is 11.6 Å². The van der Waals surface area contributed by atoms with E-state index in [0.29, 0.717) is 0 Å². The topological polar surface area (TPSA) is 44.8 Å². The number of aromatic nitrogens is 3. The van der Waals surface area contributed by atoms with Gasteiger partial charge in [-0.1, -0.05) is 36.8 Å². The second-order valence-electron chi connectivity index (χ2n) is 8.06. The molecule has 1 aliphatic heterocycles. The lowest BCUT2D eigenvalue weighted by atomic mass is 10.0. The lowest BCUT2D eigenvalue weighted by molar-refractivity contribution is 0.134. The highest BCUT2D eigenvalue weighted by Crippen LogP contribution is 2.36. The number of aromatic amines is 1. The Morgan fingerprint density at radius 3 is 2.45 bits per heavy atom. The first-order valence-corrected chi connectivity index (χ1v) is 10.8. The summed E-state index contributed by atoms with van der Waals surface area (Å²) in [5.41, 5.74) is 5.05. The molecule has 1 unspecified atom stereocenters. The summed E-state index contributed by atoms with van der Waals surface area (Å²) in [6.07, 6.45) is 7.03. The molecule has 1 aliphatic rings. The average Bonchev–Trinajstić information content (AvgIpc) is 3.26. The van der Waals surface area contributed by atoms with Gasteiger partial charge in [-0.25, -0.2) is 9.37 Å². The Labute approximate surface area is 181 Å². The number of hydrogen-bond donors (Lipinski definition) is 1. The van der Waals surface area contributed by atoms with Crippen LogP contribution in [0.2, 0.25) is 0 Å². The minimum absolute atomic E-state index is 0.226. The van der Waals surface area contributed by atoms with Crippen LogP contribution in [0.3, 0.4) is 0 Å². The van der Waals surface area contributed by atoms with Crippen LogP contribution >= 0.6 is 0 Å². The molecule has 0 amide bonds. The molecule has 5 heteroatoms. The third-order valence-electron chi connectivity index (χ3n) is 5.97. The number of rotatable bonds is 5. The second kappa shape index (κ2) is 8.82. The summed E-state index contributed by atoms with van der Waals surface area (Å²) in [6.45, 7) is 1.96. The molecule has 0 saturated carbocycles. The van der Waals surface area contributed by atoms with Crippen LogP contribution in [0.4, 0.5) is 4.39 Å². The minimum Gasteiger partial charge on any atom is -0.340 e. The van der Waals surface area contributed by atoms with Crippen LogP contribution in [-0.2, 0) is 6.54 Å². The molecule has 31 heavy (non-hydrogen) atoms. The molecule has 4 aromatic rings. The molecule has 0 spiro atoms. The van der Waals surface area contributed by atoms with Crippen molar-refractivity contribution in [2.45, 2.75) is 31.8 Å². The van der Waals surface area contributed by atoms with Crippen molar-refractivity contribution < 1.29 is 4.39 Å². The lowest BCUT2D eigenvalue weighted by Crippen LogP contribution is -2.33. The first-order valence-electron chi connectivity index (χ1n) is 10.8. The highest BCUT2D eigenvalue weighted by molar-refractivity contribution is 5.78. The monoisotopic (exact) mass is 412 g/mol.